The topological polar surface area (TPSA) is 52.6 Å². The van der Waals surface area contributed by atoms with Gasteiger partial charge in [0, 0.05) is 10.6 Å². The van der Waals surface area contributed by atoms with Gasteiger partial charge in [-0.2, -0.15) is 0 Å². The van der Waals surface area contributed by atoms with Gasteiger partial charge in [-0.15, -0.1) is 0 Å². The van der Waals surface area contributed by atoms with Gasteiger partial charge in [-0.25, -0.2) is 0 Å². The van der Waals surface area contributed by atoms with Crippen LogP contribution in [-0.4, -0.2) is 20.1 Å². The van der Waals surface area contributed by atoms with Crippen molar-refractivity contribution in [2.75, 3.05) is 20.1 Å². The molecule has 0 N–H and O–H groups in total. The number of rotatable bonds is 8. The van der Waals surface area contributed by atoms with Crippen molar-refractivity contribution >= 4 is 35.5 Å². The van der Waals surface area contributed by atoms with E-state index >= 15 is 4.57 Å². The molecular formula is C27H26O4P2. The number of hydrogen-bond acceptors (Lipinski definition) is 4. The molecule has 4 rings (SSSR count). The zero-order valence-corrected chi connectivity index (χ0v) is 20.4. The first-order valence-corrected chi connectivity index (χ1v) is 14.4. The predicted molar refractivity (Wildman–Crippen MR) is 137 cm³/mol. The Morgan fingerprint density at radius 1 is 0.515 bits per heavy atom. The molecule has 0 saturated heterocycles. The molecule has 0 radical (unpaired) electrons. The lowest BCUT2D eigenvalue weighted by Crippen LogP contribution is -2.26. The summed E-state index contributed by atoms with van der Waals surface area (Å²) in [4.78, 5) is 0. The molecule has 168 valence electrons. The molecule has 4 aromatic rings. The average Bonchev–Trinajstić information content (AvgIpc) is 2.89. The molecule has 4 nitrogen and oxygen atoms in total. The maximum Gasteiger partial charge on any atom is 0.158 e. The second kappa shape index (κ2) is 9.83. The van der Waals surface area contributed by atoms with Crippen LogP contribution in [0.5, 0.6) is 11.5 Å². The van der Waals surface area contributed by atoms with Gasteiger partial charge in [0.05, 0.1) is 30.7 Å². The molecule has 0 aliphatic carbocycles. The molecule has 0 unspecified atom stereocenters. The van der Waals surface area contributed by atoms with Crippen LogP contribution < -0.4 is 30.7 Å². The highest BCUT2D eigenvalue weighted by Crippen LogP contribution is 2.61. The molecule has 4 aromatic carbocycles. The van der Waals surface area contributed by atoms with Gasteiger partial charge in [0.15, 0.2) is 14.3 Å². The van der Waals surface area contributed by atoms with E-state index in [-0.39, 0.29) is 5.90 Å². The zero-order valence-electron chi connectivity index (χ0n) is 18.6. The van der Waals surface area contributed by atoms with Crippen LogP contribution in [0.3, 0.4) is 0 Å². The van der Waals surface area contributed by atoms with Crippen LogP contribution in [0, 0.1) is 0 Å². The molecule has 0 aliphatic heterocycles. The van der Waals surface area contributed by atoms with Crippen molar-refractivity contribution in [3.63, 3.8) is 0 Å². The minimum atomic E-state index is -3.50. The Kier molecular flexibility index (Phi) is 6.88. The minimum absolute atomic E-state index is 0.0607. The molecule has 0 amide bonds. The first kappa shape index (κ1) is 23.1. The van der Waals surface area contributed by atoms with Gasteiger partial charge in [-0.1, -0.05) is 84.9 Å². The summed E-state index contributed by atoms with van der Waals surface area (Å²) in [5, 5.41) is 2.40. The van der Waals surface area contributed by atoms with E-state index in [0.29, 0.717) is 32.7 Å². The van der Waals surface area contributed by atoms with Gasteiger partial charge < -0.3 is 18.6 Å². The van der Waals surface area contributed by atoms with E-state index in [9.17, 15) is 4.57 Å². The molecule has 0 atom stereocenters. The van der Waals surface area contributed by atoms with Crippen LogP contribution in [0.1, 0.15) is 0 Å². The first-order valence-electron chi connectivity index (χ1n) is 10.6. The van der Waals surface area contributed by atoms with Gasteiger partial charge in [-0.05, 0) is 24.3 Å². The highest BCUT2D eigenvalue weighted by Gasteiger charge is 2.42. The Bertz CT molecular complexity index is 1230. The summed E-state index contributed by atoms with van der Waals surface area (Å²) in [7, 11) is -3.70. The lowest BCUT2D eigenvalue weighted by molar-refractivity contribution is 0.416. The summed E-state index contributed by atoms with van der Waals surface area (Å²) in [5.41, 5.74) is 0. The van der Waals surface area contributed by atoms with Crippen LogP contribution in [-0.2, 0) is 9.13 Å². The van der Waals surface area contributed by atoms with Crippen molar-refractivity contribution in [2.24, 2.45) is 0 Å². The predicted octanol–water partition coefficient (Wildman–Crippen LogP) is 4.99. The largest absolute Gasteiger partial charge is 0.496 e. The third-order valence-corrected chi connectivity index (χ3v) is 13.4. The van der Waals surface area contributed by atoms with Crippen molar-refractivity contribution in [3.8, 4) is 11.5 Å². The second-order valence-corrected chi connectivity index (χ2v) is 13.7. The van der Waals surface area contributed by atoms with Crippen LogP contribution in [0.2, 0.25) is 0 Å². The Balaban J connectivity index is 2.02. The van der Waals surface area contributed by atoms with Gasteiger partial charge in [0.2, 0.25) is 0 Å². The van der Waals surface area contributed by atoms with E-state index < -0.39 is 14.3 Å². The fourth-order valence-corrected chi connectivity index (χ4v) is 12.4. The van der Waals surface area contributed by atoms with Crippen molar-refractivity contribution in [1.82, 2.24) is 0 Å². The number of para-hydroxylation sites is 2. The number of ether oxygens (including phenoxy) is 2. The van der Waals surface area contributed by atoms with Gasteiger partial charge in [-0.3, -0.25) is 0 Å². The van der Waals surface area contributed by atoms with Crippen LogP contribution in [0.4, 0.5) is 0 Å². The van der Waals surface area contributed by atoms with Crippen molar-refractivity contribution in [1.29, 1.82) is 0 Å². The lowest BCUT2D eigenvalue weighted by Gasteiger charge is -2.28. The highest BCUT2D eigenvalue weighted by molar-refractivity contribution is 7.94. The Hall–Kier alpha value is -3.06. The average molecular weight is 476 g/mol. The molecule has 0 aliphatic rings. The molecule has 0 saturated carbocycles. The normalized spacial score (nSPS) is 11.7. The summed E-state index contributed by atoms with van der Waals surface area (Å²) in [5.74, 6) is 0.938. The molecule has 0 fully saturated rings. The maximum absolute atomic E-state index is 15.2. The summed E-state index contributed by atoms with van der Waals surface area (Å²) >= 11 is 0. The highest BCUT2D eigenvalue weighted by atomic mass is 31.2. The van der Waals surface area contributed by atoms with Crippen LogP contribution in [0.15, 0.2) is 109 Å². The standard InChI is InChI=1S/C27H26O4P2/c1-30-24-17-9-11-19-26(24)33(29,27-20-12-10-18-25(27)31-2)21-32(28,22-13-5-3-6-14-22)23-15-7-4-8-16-23/h3-20H,21H2,1-2H3. The first-order chi connectivity index (χ1) is 16.0. The van der Waals surface area contributed by atoms with Crippen LogP contribution in [0.25, 0.3) is 0 Å². The number of methoxy groups -OCH3 is 2. The monoisotopic (exact) mass is 476 g/mol. The smallest absolute Gasteiger partial charge is 0.158 e. The third kappa shape index (κ3) is 4.42. The van der Waals surface area contributed by atoms with E-state index in [1.54, 1.807) is 38.5 Å². The fraction of sp³-hybridized carbons (Fsp3) is 0.111. The number of benzene rings is 4. The zero-order chi connectivity index (χ0) is 23.3. The van der Waals surface area contributed by atoms with Crippen molar-refractivity contribution in [2.45, 2.75) is 0 Å². The van der Waals surface area contributed by atoms with E-state index in [2.05, 4.69) is 0 Å². The van der Waals surface area contributed by atoms with Gasteiger partial charge in [0.1, 0.15) is 11.5 Å². The molecule has 0 aromatic heterocycles. The summed E-state index contributed by atoms with van der Waals surface area (Å²) in [6.45, 7) is 0. The second-order valence-electron chi connectivity index (χ2n) is 7.64. The lowest BCUT2D eigenvalue weighted by atomic mass is 10.3. The minimum Gasteiger partial charge on any atom is -0.496 e. The Labute approximate surface area is 195 Å². The molecule has 0 bridgehead atoms. The van der Waals surface area contributed by atoms with Crippen LogP contribution >= 0.6 is 14.3 Å². The van der Waals surface area contributed by atoms with E-state index in [0.717, 1.165) is 0 Å². The maximum atomic E-state index is 15.2. The quantitative estimate of drug-likeness (QED) is 0.336. The van der Waals surface area contributed by atoms with E-state index in [1.807, 2.05) is 84.9 Å². The Morgan fingerprint density at radius 3 is 1.27 bits per heavy atom. The van der Waals surface area contributed by atoms with Crippen molar-refractivity contribution < 1.29 is 18.6 Å². The third-order valence-electron chi connectivity index (χ3n) is 5.69. The molecule has 0 spiro atoms. The summed E-state index contributed by atoms with van der Waals surface area (Å²) in [6.07, 6.45) is 0. The molecular weight excluding hydrogens is 450 g/mol. The van der Waals surface area contributed by atoms with E-state index in [1.165, 1.54) is 0 Å². The van der Waals surface area contributed by atoms with Crippen molar-refractivity contribution in [3.05, 3.63) is 109 Å². The summed E-state index contributed by atoms with van der Waals surface area (Å²) < 4.78 is 41.3. The molecule has 33 heavy (non-hydrogen) atoms. The molecule has 0 heterocycles. The molecule has 6 heteroatoms. The SMILES string of the molecule is COc1ccccc1P(=O)(CP(=O)(c1ccccc1)c1ccccc1)c1ccccc1OC. The fourth-order valence-electron chi connectivity index (χ4n) is 4.07. The van der Waals surface area contributed by atoms with Gasteiger partial charge >= 0.3 is 0 Å². The van der Waals surface area contributed by atoms with Gasteiger partial charge in [0.25, 0.3) is 0 Å². The van der Waals surface area contributed by atoms with E-state index in [4.69, 9.17) is 9.47 Å². The number of hydrogen-bond donors (Lipinski definition) is 0. The Morgan fingerprint density at radius 2 is 0.879 bits per heavy atom. The summed E-state index contributed by atoms with van der Waals surface area (Å²) in [6, 6.07) is 33.1.